The predicted octanol–water partition coefficient (Wildman–Crippen LogP) is 2.51. The molecule has 0 unspecified atom stereocenters. The molecule has 1 aromatic heterocycles. The van der Waals surface area contributed by atoms with Crippen molar-refractivity contribution in [3.8, 4) is 0 Å². The van der Waals surface area contributed by atoms with E-state index in [1.807, 2.05) is 0 Å². The molecule has 1 aromatic carbocycles. The van der Waals surface area contributed by atoms with Crippen molar-refractivity contribution in [1.29, 1.82) is 0 Å². The number of hydrogen-bond donors (Lipinski definition) is 1. The van der Waals surface area contributed by atoms with E-state index in [-0.39, 0.29) is 28.8 Å². The molecule has 1 heterocycles. The number of hydrogen-bond acceptors (Lipinski definition) is 4. The SMILES string of the molecule is C=C(OCC)c1nn(CC(=O)O)c(=O)c2ccc(C(F)(F)F)cc12. The van der Waals surface area contributed by atoms with Gasteiger partial charge in [0.15, 0.2) is 0 Å². The van der Waals surface area contributed by atoms with Crippen molar-refractivity contribution in [2.45, 2.75) is 19.6 Å². The molecule has 2 rings (SSSR count). The number of alkyl halides is 3. The topological polar surface area (TPSA) is 81.4 Å². The second-order valence-corrected chi connectivity index (χ2v) is 4.82. The summed E-state index contributed by atoms with van der Waals surface area (Å²) in [5.74, 6) is -1.37. The average molecular weight is 342 g/mol. The van der Waals surface area contributed by atoms with Crippen molar-refractivity contribution >= 4 is 22.5 Å². The minimum absolute atomic E-state index is 0.0547. The van der Waals surface area contributed by atoms with Crippen molar-refractivity contribution < 1.29 is 27.8 Å². The largest absolute Gasteiger partial charge is 0.492 e. The average Bonchev–Trinajstić information content (AvgIpc) is 2.48. The second-order valence-electron chi connectivity index (χ2n) is 4.82. The van der Waals surface area contributed by atoms with Crippen LogP contribution >= 0.6 is 0 Å². The molecule has 0 aliphatic rings. The van der Waals surface area contributed by atoms with E-state index in [9.17, 15) is 22.8 Å². The normalized spacial score (nSPS) is 11.5. The van der Waals surface area contributed by atoms with E-state index < -0.39 is 29.8 Å². The number of carboxylic acid groups (broad SMARTS) is 1. The molecular weight excluding hydrogens is 329 g/mol. The van der Waals surface area contributed by atoms with Crippen molar-refractivity contribution in [3.05, 3.63) is 46.4 Å². The first-order valence-electron chi connectivity index (χ1n) is 6.81. The third-order valence-corrected chi connectivity index (χ3v) is 3.16. The standard InChI is InChI=1S/C15H13F3N2O4/c1-3-24-8(2)13-11-6-9(15(16,17)18)4-5-10(11)14(23)20(19-13)7-12(21)22/h4-6H,2-3,7H2,1H3,(H,21,22). The minimum atomic E-state index is -4.60. The Bertz CT molecular complexity index is 871. The van der Waals surface area contributed by atoms with Crippen molar-refractivity contribution in [3.63, 3.8) is 0 Å². The van der Waals surface area contributed by atoms with E-state index in [0.29, 0.717) is 4.68 Å². The Balaban J connectivity index is 2.81. The molecule has 9 heteroatoms. The molecule has 0 aliphatic carbocycles. The first-order valence-corrected chi connectivity index (χ1v) is 6.81. The summed E-state index contributed by atoms with van der Waals surface area (Å²) in [6, 6.07) is 2.51. The number of ether oxygens (including phenoxy) is 1. The Morgan fingerprint density at radius 3 is 2.58 bits per heavy atom. The minimum Gasteiger partial charge on any atom is -0.492 e. The summed E-state index contributed by atoms with van der Waals surface area (Å²) in [4.78, 5) is 23.1. The van der Waals surface area contributed by atoms with Gasteiger partial charge in [-0.15, -0.1) is 0 Å². The summed E-state index contributed by atoms with van der Waals surface area (Å²) < 4.78 is 44.6. The van der Waals surface area contributed by atoms with Gasteiger partial charge in [0.25, 0.3) is 5.56 Å². The molecule has 0 spiro atoms. The highest BCUT2D eigenvalue weighted by molar-refractivity contribution is 5.90. The van der Waals surface area contributed by atoms with Crippen LogP contribution in [0.4, 0.5) is 13.2 Å². The van der Waals surface area contributed by atoms with Crippen LogP contribution in [0.15, 0.2) is 29.6 Å². The summed E-state index contributed by atoms with van der Waals surface area (Å²) in [5, 5.41) is 12.5. The molecule has 0 fully saturated rings. The van der Waals surface area contributed by atoms with Gasteiger partial charge in [-0.3, -0.25) is 9.59 Å². The third kappa shape index (κ3) is 3.39. The molecule has 0 saturated heterocycles. The zero-order valence-corrected chi connectivity index (χ0v) is 12.6. The van der Waals surface area contributed by atoms with Crippen molar-refractivity contribution in [1.82, 2.24) is 9.78 Å². The van der Waals surface area contributed by atoms with Gasteiger partial charge in [-0.25, -0.2) is 4.68 Å². The summed E-state index contributed by atoms with van der Waals surface area (Å²) in [6.07, 6.45) is -4.60. The van der Waals surface area contributed by atoms with Crippen LogP contribution in [-0.4, -0.2) is 27.5 Å². The molecule has 128 valence electrons. The maximum atomic E-state index is 12.9. The number of aromatic nitrogens is 2. The highest BCUT2D eigenvalue weighted by Crippen LogP contribution is 2.32. The number of fused-ring (bicyclic) bond motifs is 1. The van der Waals surface area contributed by atoms with E-state index in [1.54, 1.807) is 6.92 Å². The zero-order chi connectivity index (χ0) is 18.1. The fourth-order valence-corrected chi connectivity index (χ4v) is 2.15. The Morgan fingerprint density at radius 1 is 1.38 bits per heavy atom. The van der Waals surface area contributed by atoms with Crippen LogP contribution in [0.25, 0.3) is 16.5 Å². The predicted molar refractivity (Wildman–Crippen MR) is 79.3 cm³/mol. The fraction of sp³-hybridized carbons (Fsp3) is 0.267. The molecule has 0 radical (unpaired) electrons. The Kier molecular flexibility index (Phi) is 4.63. The number of benzene rings is 1. The van der Waals surface area contributed by atoms with Gasteiger partial charge in [0.2, 0.25) is 0 Å². The van der Waals surface area contributed by atoms with Crippen LogP contribution in [0.5, 0.6) is 0 Å². The second kappa shape index (κ2) is 6.34. The fourth-order valence-electron chi connectivity index (χ4n) is 2.15. The highest BCUT2D eigenvalue weighted by atomic mass is 19.4. The number of nitrogens with zero attached hydrogens (tertiary/aromatic N) is 2. The van der Waals surface area contributed by atoms with Gasteiger partial charge in [-0.1, -0.05) is 6.58 Å². The van der Waals surface area contributed by atoms with Crippen LogP contribution in [-0.2, 0) is 22.3 Å². The van der Waals surface area contributed by atoms with Gasteiger partial charge < -0.3 is 9.84 Å². The molecule has 0 aliphatic heterocycles. The van der Waals surface area contributed by atoms with Gasteiger partial charge in [0, 0.05) is 5.39 Å². The lowest BCUT2D eigenvalue weighted by molar-refractivity contribution is -0.138. The maximum absolute atomic E-state index is 12.9. The first-order chi connectivity index (χ1) is 11.1. The van der Waals surface area contributed by atoms with Crippen molar-refractivity contribution in [2.24, 2.45) is 0 Å². The summed E-state index contributed by atoms with van der Waals surface area (Å²) in [7, 11) is 0. The van der Waals surface area contributed by atoms with E-state index in [4.69, 9.17) is 9.84 Å². The van der Waals surface area contributed by atoms with Crippen LogP contribution in [0.1, 0.15) is 18.2 Å². The van der Waals surface area contributed by atoms with Gasteiger partial charge in [-0.05, 0) is 25.1 Å². The molecular formula is C15H13F3N2O4. The summed E-state index contributed by atoms with van der Waals surface area (Å²) in [5.41, 5.74) is -1.88. The van der Waals surface area contributed by atoms with Gasteiger partial charge in [-0.2, -0.15) is 18.3 Å². The van der Waals surface area contributed by atoms with E-state index >= 15 is 0 Å². The first kappa shape index (κ1) is 17.5. The van der Waals surface area contributed by atoms with E-state index in [1.165, 1.54) is 0 Å². The smallest absolute Gasteiger partial charge is 0.416 e. The number of carbonyl (C=O) groups is 1. The number of halogens is 3. The van der Waals surface area contributed by atoms with Gasteiger partial charge in [0.1, 0.15) is 18.0 Å². The lowest BCUT2D eigenvalue weighted by Gasteiger charge is -2.14. The van der Waals surface area contributed by atoms with Crippen LogP contribution < -0.4 is 5.56 Å². The molecule has 0 saturated carbocycles. The summed E-state index contributed by atoms with van der Waals surface area (Å²) >= 11 is 0. The zero-order valence-electron chi connectivity index (χ0n) is 12.6. The number of carboxylic acids is 1. The van der Waals surface area contributed by atoms with E-state index in [2.05, 4.69) is 11.7 Å². The highest BCUT2D eigenvalue weighted by Gasteiger charge is 2.31. The molecule has 1 N–H and O–H groups in total. The maximum Gasteiger partial charge on any atom is 0.416 e. The number of rotatable bonds is 5. The Hall–Kier alpha value is -2.84. The Morgan fingerprint density at radius 2 is 2.04 bits per heavy atom. The summed E-state index contributed by atoms with van der Waals surface area (Å²) in [6.45, 7) is 4.66. The van der Waals surface area contributed by atoms with Crippen LogP contribution in [0.2, 0.25) is 0 Å². The quantitative estimate of drug-likeness (QED) is 0.845. The molecule has 0 atom stereocenters. The lowest BCUT2D eigenvalue weighted by atomic mass is 10.1. The molecule has 2 aromatic rings. The molecule has 24 heavy (non-hydrogen) atoms. The van der Waals surface area contributed by atoms with Crippen LogP contribution in [0, 0.1) is 0 Å². The van der Waals surface area contributed by atoms with E-state index in [0.717, 1.165) is 18.2 Å². The van der Waals surface area contributed by atoms with Gasteiger partial charge in [0.05, 0.1) is 17.6 Å². The monoisotopic (exact) mass is 342 g/mol. The molecule has 0 bridgehead atoms. The van der Waals surface area contributed by atoms with Crippen molar-refractivity contribution in [2.75, 3.05) is 6.61 Å². The number of aliphatic carboxylic acids is 1. The Labute approximate surface area is 133 Å². The lowest BCUT2D eigenvalue weighted by Crippen LogP contribution is -2.28. The third-order valence-electron chi connectivity index (χ3n) is 3.16. The molecule has 0 amide bonds. The molecule has 6 nitrogen and oxygen atoms in total. The van der Waals surface area contributed by atoms with Gasteiger partial charge >= 0.3 is 12.1 Å². The van der Waals surface area contributed by atoms with Crippen LogP contribution in [0.3, 0.4) is 0 Å².